The monoisotopic (exact) mass is 341 g/mol. The van der Waals surface area contributed by atoms with Crippen LogP contribution in [-0.4, -0.2) is 41.8 Å². The smallest absolute Gasteiger partial charge is 0.228 e. The summed E-state index contributed by atoms with van der Waals surface area (Å²) >= 11 is 0. The van der Waals surface area contributed by atoms with E-state index in [9.17, 15) is 14.4 Å². The molecule has 0 aromatic heterocycles. The number of hydrogen-bond acceptors (Lipinski definition) is 3. The third kappa shape index (κ3) is 3.38. The average molecular weight is 341 g/mol. The fraction of sp³-hybridized carbons (Fsp3) is 0.526. The molecule has 1 unspecified atom stereocenters. The molecular weight excluding hydrogens is 318 g/mol. The maximum atomic E-state index is 12.7. The van der Waals surface area contributed by atoms with E-state index in [0.29, 0.717) is 13.1 Å². The van der Waals surface area contributed by atoms with Crippen LogP contribution in [-0.2, 0) is 14.4 Å². The molecule has 2 aliphatic heterocycles. The number of fused-ring (bicyclic) bond motifs is 1. The second-order valence-electron chi connectivity index (χ2n) is 7.27. The molecule has 0 radical (unpaired) electrons. The molecule has 2 heterocycles. The van der Waals surface area contributed by atoms with Crippen LogP contribution in [0, 0.1) is 5.92 Å². The standard InChI is InChI=1S/C19H23N3O3/c23-17-11-15(14-3-1-2-4-16(14)21-17)18(24)20-13-7-9-22(10-8-13)19(25)12-5-6-12/h1-4,12-13,15H,5-11H2,(H,20,24)(H,21,23). The van der Waals surface area contributed by atoms with E-state index in [-0.39, 0.29) is 36.1 Å². The second kappa shape index (κ2) is 6.50. The lowest BCUT2D eigenvalue weighted by atomic mass is 9.89. The van der Waals surface area contributed by atoms with Crippen molar-refractivity contribution in [1.29, 1.82) is 0 Å². The molecule has 1 saturated carbocycles. The Hall–Kier alpha value is -2.37. The minimum absolute atomic E-state index is 0.0768. The first kappa shape index (κ1) is 16.1. The lowest BCUT2D eigenvalue weighted by Gasteiger charge is -2.34. The Morgan fingerprint density at radius 3 is 2.52 bits per heavy atom. The van der Waals surface area contributed by atoms with Crippen molar-refractivity contribution in [3.63, 3.8) is 0 Å². The molecule has 6 heteroatoms. The van der Waals surface area contributed by atoms with Gasteiger partial charge in [-0.05, 0) is 37.3 Å². The molecule has 1 aromatic rings. The highest BCUT2D eigenvalue weighted by molar-refractivity contribution is 6.01. The quantitative estimate of drug-likeness (QED) is 0.877. The third-order valence-corrected chi connectivity index (χ3v) is 5.40. The number of carbonyl (C=O) groups is 3. The van der Waals surface area contributed by atoms with E-state index in [1.807, 2.05) is 29.2 Å². The van der Waals surface area contributed by atoms with Crippen molar-refractivity contribution in [2.24, 2.45) is 5.92 Å². The zero-order chi connectivity index (χ0) is 17.4. The number of hydrogen-bond donors (Lipinski definition) is 2. The van der Waals surface area contributed by atoms with Gasteiger partial charge >= 0.3 is 0 Å². The van der Waals surface area contributed by atoms with Crippen molar-refractivity contribution >= 4 is 23.4 Å². The second-order valence-corrected chi connectivity index (χ2v) is 7.27. The molecule has 2 fully saturated rings. The number of anilines is 1. The average Bonchev–Trinajstić information content (AvgIpc) is 3.46. The van der Waals surface area contributed by atoms with Gasteiger partial charge in [-0.3, -0.25) is 14.4 Å². The molecular formula is C19H23N3O3. The summed E-state index contributed by atoms with van der Waals surface area (Å²) in [5.74, 6) is -0.111. The number of piperidine rings is 1. The van der Waals surface area contributed by atoms with E-state index in [1.54, 1.807) is 0 Å². The van der Waals surface area contributed by atoms with E-state index in [2.05, 4.69) is 10.6 Å². The molecule has 25 heavy (non-hydrogen) atoms. The van der Waals surface area contributed by atoms with Gasteiger partial charge < -0.3 is 15.5 Å². The van der Waals surface area contributed by atoms with E-state index in [4.69, 9.17) is 0 Å². The van der Waals surface area contributed by atoms with Crippen LogP contribution in [0.5, 0.6) is 0 Å². The molecule has 132 valence electrons. The number of carbonyl (C=O) groups excluding carboxylic acids is 3. The van der Waals surface area contributed by atoms with Gasteiger partial charge in [0.25, 0.3) is 0 Å². The summed E-state index contributed by atoms with van der Waals surface area (Å²) in [5.41, 5.74) is 1.60. The highest BCUT2D eigenvalue weighted by atomic mass is 16.2. The van der Waals surface area contributed by atoms with Crippen molar-refractivity contribution in [3.8, 4) is 0 Å². The predicted octanol–water partition coefficient (Wildman–Crippen LogP) is 1.63. The molecule has 1 aliphatic carbocycles. The van der Waals surface area contributed by atoms with Crippen molar-refractivity contribution in [1.82, 2.24) is 10.2 Å². The van der Waals surface area contributed by atoms with Gasteiger partial charge in [-0.1, -0.05) is 18.2 Å². The van der Waals surface area contributed by atoms with Crippen LogP contribution in [0.3, 0.4) is 0 Å². The summed E-state index contributed by atoms with van der Waals surface area (Å²) in [6.07, 6.45) is 3.80. The number of rotatable bonds is 3. The minimum Gasteiger partial charge on any atom is -0.353 e. The van der Waals surface area contributed by atoms with Crippen LogP contribution in [0.1, 0.15) is 43.6 Å². The van der Waals surface area contributed by atoms with Gasteiger partial charge in [0, 0.05) is 37.2 Å². The Bertz CT molecular complexity index is 706. The zero-order valence-corrected chi connectivity index (χ0v) is 14.2. The Morgan fingerprint density at radius 1 is 1.08 bits per heavy atom. The zero-order valence-electron chi connectivity index (χ0n) is 14.2. The van der Waals surface area contributed by atoms with Gasteiger partial charge in [0.05, 0.1) is 5.92 Å². The fourth-order valence-corrected chi connectivity index (χ4v) is 3.78. The van der Waals surface area contributed by atoms with Crippen LogP contribution in [0.4, 0.5) is 5.69 Å². The van der Waals surface area contributed by atoms with Gasteiger partial charge in [0.15, 0.2) is 0 Å². The molecule has 4 rings (SSSR count). The lowest BCUT2D eigenvalue weighted by molar-refractivity contribution is -0.134. The van der Waals surface area contributed by atoms with E-state index < -0.39 is 5.92 Å². The van der Waals surface area contributed by atoms with Crippen LogP contribution in [0.15, 0.2) is 24.3 Å². The summed E-state index contributed by atoms with van der Waals surface area (Å²) in [7, 11) is 0. The maximum absolute atomic E-state index is 12.7. The topological polar surface area (TPSA) is 78.5 Å². The number of benzene rings is 1. The van der Waals surface area contributed by atoms with Crippen molar-refractivity contribution in [2.45, 2.75) is 44.1 Å². The number of nitrogens with zero attached hydrogens (tertiary/aromatic N) is 1. The molecule has 3 amide bonds. The van der Waals surface area contributed by atoms with E-state index >= 15 is 0 Å². The molecule has 1 aromatic carbocycles. The molecule has 0 spiro atoms. The molecule has 6 nitrogen and oxygen atoms in total. The summed E-state index contributed by atoms with van der Waals surface area (Å²) < 4.78 is 0. The molecule has 1 saturated heterocycles. The Kier molecular flexibility index (Phi) is 4.19. The summed E-state index contributed by atoms with van der Waals surface area (Å²) in [6.45, 7) is 1.42. The molecule has 0 bridgehead atoms. The highest BCUT2D eigenvalue weighted by Crippen LogP contribution is 2.33. The predicted molar refractivity (Wildman–Crippen MR) is 92.9 cm³/mol. The van der Waals surface area contributed by atoms with Crippen LogP contribution in [0.2, 0.25) is 0 Å². The van der Waals surface area contributed by atoms with Crippen LogP contribution >= 0.6 is 0 Å². The van der Waals surface area contributed by atoms with Crippen molar-refractivity contribution in [3.05, 3.63) is 29.8 Å². The highest BCUT2D eigenvalue weighted by Gasteiger charge is 2.36. The van der Waals surface area contributed by atoms with Crippen molar-refractivity contribution < 1.29 is 14.4 Å². The number of amides is 3. The summed E-state index contributed by atoms with van der Waals surface area (Å²) in [5, 5.41) is 5.92. The Labute approximate surface area is 147 Å². The van der Waals surface area contributed by atoms with Gasteiger partial charge in [-0.15, -0.1) is 0 Å². The largest absolute Gasteiger partial charge is 0.353 e. The number of para-hydroxylation sites is 1. The van der Waals surface area contributed by atoms with Crippen LogP contribution in [0.25, 0.3) is 0 Å². The Morgan fingerprint density at radius 2 is 1.80 bits per heavy atom. The third-order valence-electron chi connectivity index (χ3n) is 5.40. The van der Waals surface area contributed by atoms with Gasteiger partial charge in [-0.25, -0.2) is 0 Å². The summed E-state index contributed by atoms with van der Waals surface area (Å²) in [6, 6.07) is 7.54. The van der Waals surface area contributed by atoms with Gasteiger partial charge in [0.1, 0.15) is 0 Å². The lowest BCUT2D eigenvalue weighted by Crippen LogP contribution is -2.48. The number of likely N-dealkylation sites (tertiary alicyclic amines) is 1. The molecule has 1 atom stereocenters. The normalized spacial score (nSPS) is 23.6. The van der Waals surface area contributed by atoms with E-state index in [1.165, 1.54) is 0 Å². The Balaban J connectivity index is 1.36. The first-order chi connectivity index (χ1) is 12.1. The minimum atomic E-state index is -0.434. The van der Waals surface area contributed by atoms with Gasteiger partial charge in [-0.2, -0.15) is 0 Å². The molecule has 2 N–H and O–H groups in total. The maximum Gasteiger partial charge on any atom is 0.228 e. The number of nitrogens with one attached hydrogen (secondary N) is 2. The van der Waals surface area contributed by atoms with Crippen LogP contribution < -0.4 is 10.6 Å². The first-order valence-electron chi connectivity index (χ1n) is 9.10. The molecule has 3 aliphatic rings. The first-order valence-corrected chi connectivity index (χ1v) is 9.10. The van der Waals surface area contributed by atoms with E-state index in [0.717, 1.165) is 36.9 Å². The SMILES string of the molecule is O=C1CC(C(=O)NC2CCN(C(=O)C3CC3)CC2)c2ccccc2N1. The van der Waals surface area contributed by atoms with Crippen molar-refractivity contribution in [2.75, 3.05) is 18.4 Å². The fourth-order valence-electron chi connectivity index (χ4n) is 3.78. The summed E-state index contributed by atoms with van der Waals surface area (Å²) in [4.78, 5) is 38.7. The van der Waals surface area contributed by atoms with Gasteiger partial charge in [0.2, 0.25) is 17.7 Å².